The van der Waals surface area contributed by atoms with E-state index in [-0.39, 0.29) is 23.0 Å². The van der Waals surface area contributed by atoms with E-state index >= 15 is 0 Å². The normalized spacial score (nSPS) is 25.1. The van der Waals surface area contributed by atoms with Crippen molar-refractivity contribution in [3.05, 3.63) is 48.0 Å². The van der Waals surface area contributed by atoms with Gasteiger partial charge in [-0.05, 0) is 25.0 Å². The van der Waals surface area contributed by atoms with Crippen LogP contribution in [0, 0.1) is 5.41 Å². The van der Waals surface area contributed by atoms with Crippen LogP contribution in [-0.2, 0) is 11.3 Å². The molecule has 1 saturated carbocycles. The Bertz CT molecular complexity index is 726. The molecule has 2 unspecified atom stereocenters. The van der Waals surface area contributed by atoms with Crippen molar-refractivity contribution in [2.45, 2.75) is 45.4 Å². The summed E-state index contributed by atoms with van der Waals surface area (Å²) in [7, 11) is 1.73. The molecule has 1 fully saturated rings. The van der Waals surface area contributed by atoms with Gasteiger partial charge in [-0.1, -0.05) is 32.0 Å². The van der Waals surface area contributed by atoms with E-state index in [9.17, 15) is 4.79 Å². The van der Waals surface area contributed by atoms with Crippen molar-refractivity contribution in [3.63, 3.8) is 0 Å². The van der Waals surface area contributed by atoms with Gasteiger partial charge in [-0.25, -0.2) is 9.67 Å². The molecule has 1 heterocycles. The lowest BCUT2D eigenvalue weighted by atomic mass is 9.56. The van der Waals surface area contributed by atoms with Crippen molar-refractivity contribution in [1.29, 1.82) is 0 Å². The molecule has 1 aromatic heterocycles. The minimum atomic E-state index is -0.203. The molecule has 1 aliphatic carbocycles. The molecule has 0 aliphatic heterocycles. The minimum Gasteiger partial charge on any atom is -0.378 e. The average Bonchev–Trinajstić information content (AvgIpc) is 3.07. The van der Waals surface area contributed by atoms with E-state index in [2.05, 4.69) is 36.2 Å². The second-order valence-corrected chi connectivity index (χ2v) is 7.14. The zero-order chi connectivity index (χ0) is 17.4. The van der Waals surface area contributed by atoms with Crippen molar-refractivity contribution in [3.8, 4) is 0 Å². The van der Waals surface area contributed by atoms with E-state index in [1.807, 2.05) is 24.3 Å². The van der Waals surface area contributed by atoms with Gasteiger partial charge in [-0.15, -0.1) is 0 Å². The van der Waals surface area contributed by atoms with Gasteiger partial charge in [0.1, 0.15) is 12.7 Å². The van der Waals surface area contributed by atoms with Crippen LogP contribution in [0.2, 0.25) is 0 Å². The number of rotatable bonds is 5. The van der Waals surface area contributed by atoms with Gasteiger partial charge >= 0.3 is 0 Å². The van der Waals surface area contributed by atoms with E-state index < -0.39 is 0 Å². The molecule has 0 radical (unpaired) electrons. The van der Waals surface area contributed by atoms with Gasteiger partial charge in [0.15, 0.2) is 0 Å². The Morgan fingerprint density at radius 1 is 1.38 bits per heavy atom. The summed E-state index contributed by atoms with van der Waals surface area (Å²) in [6.45, 7) is 6.88. The maximum absolute atomic E-state index is 12.8. The van der Waals surface area contributed by atoms with Gasteiger partial charge in [-0.3, -0.25) is 4.79 Å². The van der Waals surface area contributed by atoms with Crippen LogP contribution in [0.15, 0.2) is 36.9 Å². The maximum Gasteiger partial charge on any atom is 0.251 e. The lowest BCUT2D eigenvalue weighted by Crippen LogP contribution is -2.68. The highest BCUT2D eigenvalue weighted by Crippen LogP contribution is 2.51. The Hall–Kier alpha value is -2.21. The molecule has 0 spiro atoms. The number of carbonyl (C=O) groups excluding carboxylic acids is 1. The Morgan fingerprint density at radius 2 is 2.12 bits per heavy atom. The Morgan fingerprint density at radius 3 is 2.75 bits per heavy atom. The molecule has 1 aliphatic rings. The number of hydrogen-bond acceptors (Lipinski definition) is 4. The van der Waals surface area contributed by atoms with Gasteiger partial charge in [0.05, 0.1) is 12.1 Å². The minimum absolute atomic E-state index is 0.0538. The molecule has 2 atom stereocenters. The highest BCUT2D eigenvalue weighted by Gasteiger charge is 2.58. The molecule has 2 aromatic rings. The molecule has 24 heavy (non-hydrogen) atoms. The van der Waals surface area contributed by atoms with Gasteiger partial charge in [0.2, 0.25) is 0 Å². The third kappa shape index (κ3) is 2.71. The van der Waals surface area contributed by atoms with E-state index in [1.165, 1.54) is 6.33 Å². The molecule has 0 bridgehead atoms. The zero-order valence-electron chi connectivity index (χ0n) is 14.6. The van der Waals surface area contributed by atoms with Gasteiger partial charge in [-0.2, -0.15) is 5.10 Å². The number of benzene rings is 1. The van der Waals surface area contributed by atoms with Crippen LogP contribution in [0.4, 0.5) is 0 Å². The number of carbonyl (C=O) groups is 1. The van der Waals surface area contributed by atoms with Gasteiger partial charge in [0.25, 0.3) is 5.91 Å². The van der Waals surface area contributed by atoms with Gasteiger partial charge < -0.3 is 10.1 Å². The first-order valence-electron chi connectivity index (χ1n) is 8.14. The number of hydrogen-bond donors (Lipinski definition) is 1. The smallest absolute Gasteiger partial charge is 0.251 e. The van der Waals surface area contributed by atoms with Crippen LogP contribution in [0.25, 0.3) is 0 Å². The number of nitrogens with zero attached hydrogens (tertiary/aromatic N) is 3. The fourth-order valence-corrected chi connectivity index (χ4v) is 3.33. The third-order valence-electron chi connectivity index (χ3n) is 5.64. The predicted molar refractivity (Wildman–Crippen MR) is 90.6 cm³/mol. The summed E-state index contributed by atoms with van der Waals surface area (Å²) < 4.78 is 7.34. The largest absolute Gasteiger partial charge is 0.378 e. The fraction of sp³-hybridized carbons (Fsp3) is 0.500. The molecule has 1 amide bonds. The van der Waals surface area contributed by atoms with Gasteiger partial charge in [0, 0.05) is 24.1 Å². The van der Waals surface area contributed by atoms with Crippen molar-refractivity contribution >= 4 is 5.91 Å². The molecule has 1 N–H and O–H groups in total. The highest BCUT2D eigenvalue weighted by molar-refractivity contribution is 5.96. The second kappa shape index (κ2) is 6.02. The highest BCUT2D eigenvalue weighted by atomic mass is 16.5. The molecular formula is C18H24N4O2. The van der Waals surface area contributed by atoms with Crippen LogP contribution in [0.3, 0.4) is 0 Å². The standard InChI is InChI=1S/C18H24N4O2/c1-17(2)15(9-18(17,3)24-4)21-16(23)14-8-6-5-7-13(14)10-22-12-19-11-20-22/h5-8,11-12,15H,9-10H2,1-4H3,(H,21,23). The Labute approximate surface area is 142 Å². The summed E-state index contributed by atoms with van der Waals surface area (Å²) in [5.41, 5.74) is 1.28. The molecule has 0 saturated heterocycles. The first-order valence-corrected chi connectivity index (χ1v) is 8.14. The van der Waals surface area contributed by atoms with Crippen LogP contribution in [0.1, 0.15) is 43.1 Å². The number of nitrogens with one attached hydrogen (secondary N) is 1. The summed E-state index contributed by atoms with van der Waals surface area (Å²) in [5, 5.41) is 7.28. The van der Waals surface area contributed by atoms with Crippen LogP contribution >= 0.6 is 0 Å². The molecule has 3 rings (SSSR count). The summed E-state index contributed by atoms with van der Waals surface area (Å²) in [4.78, 5) is 16.7. The zero-order valence-corrected chi connectivity index (χ0v) is 14.6. The van der Waals surface area contributed by atoms with E-state index in [4.69, 9.17) is 4.74 Å². The number of ether oxygens (including phenoxy) is 1. The molecule has 6 heteroatoms. The van der Waals surface area contributed by atoms with Crippen molar-refractivity contribution < 1.29 is 9.53 Å². The number of amides is 1. The topological polar surface area (TPSA) is 69.0 Å². The SMILES string of the molecule is COC1(C)CC(NC(=O)c2ccccc2Cn2cncn2)C1(C)C. The lowest BCUT2D eigenvalue weighted by Gasteiger charge is -2.59. The quantitative estimate of drug-likeness (QED) is 0.914. The lowest BCUT2D eigenvalue weighted by molar-refractivity contribution is -0.177. The molecule has 1 aromatic carbocycles. The van der Waals surface area contributed by atoms with Crippen molar-refractivity contribution in [1.82, 2.24) is 20.1 Å². The first kappa shape index (κ1) is 16.6. The van der Waals surface area contributed by atoms with Crippen LogP contribution in [0.5, 0.6) is 0 Å². The summed E-state index contributed by atoms with van der Waals surface area (Å²) >= 11 is 0. The second-order valence-electron chi connectivity index (χ2n) is 7.14. The van der Waals surface area contributed by atoms with Crippen LogP contribution < -0.4 is 5.32 Å². The summed E-state index contributed by atoms with van der Waals surface area (Å²) in [6, 6.07) is 7.70. The Balaban J connectivity index is 1.75. The molecule has 6 nitrogen and oxygen atoms in total. The fourth-order valence-electron chi connectivity index (χ4n) is 3.33. The summed E-state index contributed by atoms with van der Waals surface area (Å²) in [6.07, 6.45) is 3.95. The summed E-state index contributed by atoms with van der Waals surface area (Å²) in [5.74, 6) is -0.0538. The molecule has 128 valence electrons. The average molecular weight is 328 g/mol. The van der Waals surface area contributed by atoms with E-state index in [0.29, 0.717) is 12.1 Å². The Kier molecular flexibility index (Phi) is 4.17. The number of methoxy groups -OCH3 is 1. The molecular weight excluding hydrogens is 304 g/mol. The maximum atomic E-state index is 12.8. The first-order chi connectivity index (χ1) is 11.4. The van der Waals surface area contributed by atoms with E-state index in [0.717, 1.165) is 12.0 Å². The monoisotopic (exact) mass is 328 g/mol. The van der Waals surface area contributed by atoms with Crippen molar-refractivity contribution in [2.24, 2.45) is 5.41 Å². The van der Waals surface area contributed by atoms with Crippen LogP contribution in [-0.4, -0.2) is 39.4 Å². The number of aromatic nitrogens is 3. The van der Waals surface area contributed by atoms with E-state index in [1.54, 1.807) is 18.1 Å². The predicted octanol–water partition coefficient (Wildman–Crippen LogP) is 2.26. The van der Waals surface area contributed by atoms with Crippen molar-refractivity contribution in [2.75, 3.05) is 7.11 Å². The third-order valence-corrected chi connectivity index (χ3v) is 5.64.